The first-order valence-corrected chi connectivity index (χ1v) is 6.42. The van der Waals surface area contributed by atoms with Crippen LogP contribution in [0.1, 0.15) is 32.6 Å². The second-order valence-electron chi connectivity index (χ2n) is 3.24. The van der Waals surface area contributed by atoms with Gasteiger partial charge < -0.3 is 5.73 Å². The molecule has 0 heterocycles. The van der Waals surface area contributed by atoms with Crippen molar-refractivity contribution in [2.45, 2.75) is 38.0 Å². The molecule has 0 aromatic carbocycles. The minimum absolute atomic E-state index is 0.360. The van der Waals surface area contributed by atoms with Crippen LogP contribution in [0.25, 0.3) is 0 Å². The third-order valence-corrected chi connectivity index (χ3v) is 3.05. The van der Waals surface area contributed by atoms with E-state index >= 15 is 0 Å². The van der Waals surface area contributed by atoms with E-state index in [-0.39, 0.29) is 0 Å². The zero-order valence-corrected chi connectivity index (χ0v) is 9.39. The molecule has 0 fully saturated rings. The zero-order chi connectivity index (χ0) is 11.0. The Morgan fingerprint density at radius 1 is 1.43 bits per heavy atom. The molecule has 1 atom stereocenters. The van der Waals surface area contributed by atoms with Gasteiger partial charge in [-0.1, -0.05) is 13.3 Å². The number of unbranched alkanes of at least 4 members (excludes halogenated alkanes) is 1. The van der Waals surface area contributed by atoms with Crippen molar-refractivity contribution in [1.29, 1.82) is 0 Å². The van der Waals surface area contributed by atoms with E-state index in [9.17, 15) is 8.42 Å². The zero-order valence-electron chi connectivity index (χ0n) is 8.57. The molecule has 6 heteroatoms. The first-order valence-electron chi connectivity index (χ1n) is 4.92. The van der Waals surface area contributed by atoms with E-state index in [1.807, 2.05) is 6.92 Å². The summed E-state index contributed by atoms with van der Waals surface area (Å²) in [6.45, 7) is 3.05. The topological polar surface area (TPSA) is 92.4 Å². The largest absolute Gasteiger partial charge is 0.330 e. The van der Waals surface area contributed by atoms with Gasteiger partial charge in [-0.2, -0.15) is 8.42 Å². The Morgan fingerprint density at radius 3 is 2.50 bits per heavy atom. The van der Waals surface area contributed by atoms with Crippen LogP contribution in [0.15, 0.2) is 0 Å². The fraction of sp³-hybridized carbons (Fsp3) is 1.00. The van der Waals surface area contributed by atoms with Crippen molar-refractivity contribution < 1.29 is 13.0 Å². The van der Waals surface area contributed by atoms with E-state index in [4.69, 9.17) is 10.3 Å². The second-order valence-corrected chi connectivity index (χ2v) is 4.84. The summed E-state index contributed by atoms with van der Waals surface area (Å²) in [6.07, 6.45) is 2.83. The third kappa shape index (κ3) is 6.31. The second kappa shape index (κ2) is 7.17. The molecule has 4 N–H and O–H groups in total. The van der Waals surface area contributed by atoms with E-state index in [0.717, 1.165) is 12.8 Å². The van der Waals surface area contributed by atoms with Gasteiger partial charge in [-0.3, -0.25) is 9.87 Å². The van der Waals surface area contributed by atoms with E-state index in [1.165, 1.54) is 0 Å². The van der Waals surface area contributed by atoms with Crippen LogP contribution in [0.4, 0.5) is 0 Å². The number of nitrogens with one attached hydrogen (secondary N) is 1. The molecular formula is C8H20N2O3S. The van der Waals surface area contributed by atoms with Crippen molar-refractivity contribution in [3.8, 4) is 0 Å². The molecule has 0 saturated heterocycles. The molecule has 0 bridgehead atoms. The molecule has 0 aliphatic carbocycles. The average molecular weight is 224 g/mol. The fourth-order valence-corrected chi connectivity index (χ4v) is 1.89. The van der Waals surface area contributed by atoms with Crippen molar-refractivity contribution in [1.82, 2.24) is 5.32 Å². The quantitative estimate of drug-likeness (QED) is 0.408. The maximum Gasteiger partial charge on any atom is 0.281 e. The maximum atomic E-state index is 10.9. The van der Waals surface area contributed by atoms with E-state index in [2.05, 4.69) is 5.32 Å². The molecule has 0 radical (unpaired) electrons. The van der Waals surface area contributed by atoms with Crippen molar-refractivity contribution in [2.75, 3.05) is 13.1 Å². The van der Waals surface area contributed by atoms with Crippen molar-refractivity contribution in [2.24, 2.45) is 5.73 Å². The Labute approximate surface area is 85.8 Å². The minimum atomic E-state index is -3.98. The molecule has 5 nitrogen and oxygen atoms in total. The highest BCUT2D eigenvalue weighted by atomic mass is 32.2. The molecule has 86 valence electrons. The summed E-state index contributed by atoms with van der Waals surface area (Å²) in [5.74, 6) is 0. The van der Waals surface area contributed by atoms with Crippen molar-refractivity contribution >= 4 is 10.1 Å². The molecule has 0 saturated carbocycles. The van der Waals surface area contributed by atoms with Gasteiger partial charge in [0, 0.05) is 0 Å². The Balaban J connectivity index is 3.99. The van der Waals surface area contributed by atoms with Crippen molar-refractivity contribution in [3.05, 3.63) is 0 Å². The predicted molar refractivity (Wildman–Crippen MR) is 56.5 cm³/mol. The summed E-state index contributed by atoms with van der Waals surface area (Å²) in [5.41, 5.74) is 5.27. The van der Waals surface area contributed by atoms with Gasteiger partial charge in [0.15, 0.2) is 0 Å². The van der Waals surface area contributed by atoms with Crippen LogP contribution >= 0.6 is 0 Å². The summed E-state index contributed by atoms with van der Waals surface area (Å²) in [6, 6.07) is 0. The maximum absolute atomic E-state index is 10.9. The molecule has 0 amide bonds. The summed E-state index contributed by atoms with van der Waals surface area (Å²) < 4.78 is 30.6. The summed E-state index contributed by atoms with van der Waals surface area (Å²) in [4.78, 5) is 0. The lowest BCUT2D eigenvalue weighted by Gasteiger charge is -2.14. The van der Waals surface area contributed by atoms with E-state index < -0.39 is 15.5 Å². The highest BCUT2D eigenvalue weighted by Crippen LogP contribution is 2.03. The number of hydrogen-bond donors (Lipinski definition) is 3. The molecule has 0 spiro atoms. The first kappa shape index (κ1) is 13.8. The molecule has 14 heavy (non-hydrogen) atoms. The summed E-state index contributed by atoms with van der Waals surface area (Å²) >= 11 is 0. The van der Waals surface area contributed by atoms with Gasteiger partial charge in [-0.25, -0.2) is 0 Å². The van der Waals surface area contributed by atoms with Gasteiger partial charge in [0.05, 0.1) is 0 Å². The normalized spacial score (nSPS) is 14.2. The van der Waals surface area contributed by atoms with Crippen LogP contribution in [0.3, 0.4) is 0 Å². The molecule has 0 aliphatic rings. The Hall–Kier alpha value is -0.170. The molecular weight excluding hydrogens is 204 g/mol. The van der Waals surface area contributed by atoms with Crippen LogP contribution in [0.2, 0.25) is 0 Å². The lowest BCUT2D eigenvalue weighted by Crippen LogP contribution is -2.37. The molecule has 0 aromatic heterocycles. The van der Waals surface area contributed by atoms with Crippen LogP contribution in [0.5, 0.6) is 0 Å². The number of nitrogens with two attached hydrogens (primary N) is 1. The van der Waals surface area contributed by atoms with Crippen LogP contribution < -0.4 is 11.1 Å². The first-order chi connectivity index (χ1) is 6.52. The predicted octanol–water partition coefficient (Wildman–Crippen LogP) is 0.329. The number of rotatable bonds is 8. The Morgan fingerprint density at radius 2 is 2.07 bits per heavy atom. The van der Waals surface area contributed by atoms with Gasteiger partial charge in [-0.05, 0) is 32.4 Å². The van der Waals surface area contributed by atoms with Crippen molar-refractivity contribution in [3.63, 3.8) is 0 Å². The van der Waals surface area contributed by atoms with E-state index in [1.54, 1.807) is 0 Å². The van der Waals surface area contributed by atoms with Crippen LogP contribution in [-0.2, 0) is 10.1 Å². The lowest BCUT2D eigenvalue weighted by atomic mass is 10.3. The van der Waals surface area contributed by atoms with Crippen LogP contribution in [-0.4, -0.2) is 31.4 Å². The average Bonchev–Trinajstić information content (AvgIpc) is 2.09. The monoisotopic (exact) mass is 224 g/mol. The Bertz CT molecular complexity index is 229. The Kier molecular flexibility index (Phi) is 7.08. The standard InChI is InChI=1S/C8H20N2O3S/c1-2-3-7-10-8(5-4-6-9)14(11,12)13/h8,10H,2-7,9H2,1H3,(H,11,12,13). The molecule has 1 unspecified atom stereocenters. The third-order valence-electron chi connectivity index (χ3n) is 1.93. The van der Waals surface area contributed by atoms with E-state index in [0.29, 0.717) is 25.9 Å². The van der Waals surface area contributed by atoms with Gasteiger partial charge >= 0.3 is 0 Å². The van der Waals surface area contributed by atoms with Gasteiger partial charge in [0.25, 0.3) is 10.1 Å². The van der Waals surface area contributed by atoms with Gasteiger partial charge in [0.2, 0.25) is 0 Å². The molecule has 0 rings (SSSR count). The highest BCUT2D eigenvalue weighted by Gasteiger charge is 2.20. The smallest absolute Gasteiger partial charge is 0.281 e. The van der Waals surface area contributed by atoms with Gasteiger partial charge in [-0.15, -0.1) is 0 Å². The highest BCUT2D eigenvalue weighted by molar-refractivity contribution is 7.86. The fourth-order valence-electron chi connectivity index (χ4n) is 1.10. The SMILES string of the molecule is CCCCNC(CCCN)S(=O)(=O)O. The lowest BCUT2D eigenvalue weighted by molar-refractivity contribution is 0.436. The molecule has 0 aliphatic heterocycles. The summed E-state index contributed by atoms with van der Waals surface area (Å²) in [5, 5.41) is 1.94. The van der Waals surface area contributed by atoms with Crippen LogP contribution in [0, 0.1) is 0 Å². The summed E-state index contributed by atoms with van der Waals surface area (Å²) in [7, 11) is -3.98. The minimum Gasteiger partial charge on any atom is -0.330 e. The number of hydrogen-bond acceptors (Lipinski definition) is 4. The van der Waals surface area contributed by atoms with Gasteiger partial charge in [0.1, 0.15) is 5.37 Å². The molecule has 0 aromatic rings.